The van der Waals surface area contributed by atoms with E-state index in [0.29, 0.717) is 0 Å². The van der Waals surface area contributed by atoms with Crippen molar-refractivity contribution in [1.29, 1.82) is 0 Å². The Balaban J connectivity index is 2.48. The first kappa shape index (κ1) is 7.32. The summed E-state index contributed by atoms with van der Waals surface area (Å²) in [6.07, 6.45) is 3.50. The number of hydrogen-bond donors (Lipinski definition) is 0. The molecule has 1 aliphatic heterocycles. The van der Waals surface area contributed by atoms with E-state index in [9.17, 15) is 4.79 Å². The van der Waals surface area contributed by atoms with Gasteiger partial charge >= 0.3 is 5.97 Å². The lowest BCUT2D eigenvalue weighted by Gasteiger charge is -2.23. The molecule has 0 saturated carbocycles. The molecule has 0 spiro atoms. The number of ether oxygens (including phenoxy) is 1. The van der Waals surface area contributed by atoms with E-state index in [1.165, 1.54) is 0 Å². The molecule has 2 atom stereocenters. The molecular formula is C8H12O2. The fourth-order valence-electron chi connectivity index (χ4n) is 1.02. The second-order valence-corrected chi connectivity index (χ2v) is 2.69. The van der Waals surface area contributed by atoms with Crippen LogP contribution in [0.15, 0.2) is 12.7 Å². The molecular weight excluding hydrogens is 128 g/mol. The van der Waals surface area contributed by atoms with Crippen LogP contribution in [0.2, 0.25) is 0 Å². The van der Waals surface area contributed by atoms with Gasteiger partial charge in [-0.3, -0.25) is 4.79 Å². The average molecular weight is 140 g/mol. The largest absolute Gasteiger partial charge is 0.458 e. The highest BCUT2D eigenvalue weighted by molar-refractivity contribution is 5.73. The van der Waals surface area contributed by atoms with Gasteiger partial charge < -0.3 is 4.74 Å². The predicted molar refractivity (Wildman–Crippen MR) is 38.5 cm³/mol. The minimum absolute atomic E-state index is 0.0382. The Labute approximate surface area is 60.9 Å². The van der Waals surface area contributed by atoms with Crippen molar-refractivity contribution in [2.24, 2.45) is 5.92 Å². The predicted octanol–water partition coefficient (Wildman–Crippen LogP) is 1.51. The SMILES string of the molecule is C=CC1CC[C@H](C)C(=O)O1. The zero-order chi connectivity index (χ0) is 7.56. The molecule has 2 nitrogen and oxygen atoms in total. The van der Waals surface area contributed by atoms with Gasteiger partial charge in [0.25, 0.3) is 0 Å². The third kappa shape index (κ3) is 1.38. The second kappa shape index (κ2) is 2.86. The minimum Gasteiger partial charge on any atom is -0.458 e. The fourth-order valence-corrected chi connectivity index (χ4v) is 1.02. The highest BCUT2D eigenvalue weighted by atomic mass is 16.5. The topological polar surface area (TPSA) is 26.3 Å². The van der Waals surface area contributed by atoms with Crippen LogP contribution in [0.5, 0.6) is 0 Å². The Morgan fingerprint density at radius 3 is 2.90 bits per heavy atom. The number of carbonyl (C=O) groups is 1. The Morgan fingerprint density at radius 1 is 1.70 bits per heavy atom. The van der Waals surface area contributed by atoms with Crippen LogP contribution in [-0.4, -0.2) is 12.1 Å². The summed E-state index contributed by atoms with van der Waals surface area (Å²) in [5.74, 6) is -0.00708. The first-order chi connectivity index (χ1) is 4.74. The standard InChI is InChI=1S/C8H12O2/c1-3-7-5-4-6(2)8(9)10-7/h3,6-7H,1,4-5H2,2H3/t6-,7?/m0/s1. The van der Waals surface area contributed by atoms with Gasteiger partial charge in [-0.1, -0.05) is 19.6 Å². The summed E-state index contributed by atoms with van der Waals surface area (Å²) in [4.78, 5) is 10.9. The molecule has 1 unspecified atom stereocenters. The molecule has 0 radical (unpaired) electrons. The summed E-state index contributed by atoms with van der Waals surface area (Å²) in [6.45, 7) is 5.46. The molecule has 0 N–H and O–H groups in total. The Kier molecular flexibility index (Phi) is 2.10. The van der Waals surface area contributed by atoms with Gasteiger partial charge in [-0.15, -0.1) is 0 Å². The minimum atomic E-state index is -0.0869. The quantitative estimate of drug-likeness (QED) is 0.407. The second-order valence-electron chi connectivity index (χ2n) is 2.69. The molecule has 56 valence electrons. The van der Waals surface area contributed by atoms with Crippen molar-refractivity contribution in [2.75, 3.05) is 0 Å². The van der Waals surface area contributed by atoms with E-state index in [-0.39, 0.29) is 18.0 Å². The monoisotopic (exact) mass is 140 g/mol. The van der Waals surface area contributed by atoms with Gasteiger partial charge in [0.05, 0.1) is 5.92 Å². The molecule has 0 aromatic rings. The highest BCUT2D eigenvalue weighted by Gasteiger charge is 2.24. The molecule has 0 aromatic heterocycles. The van der Waals surface area contributed by atoms with Gasteiger partial charge in [0.2, 0.25) is 0 Å². The number of hydrogen-bond acceptors (Lipinski definition) is 2. The number of cyclic esters (lactones) is 1. The van der Waals surface area contributed by atoms with E-state index < -0.39 is 0 Å². The summed E-state index contributed by atoms with van der Waals surface area (Å²) in [7, 11) is 0. The van der Waals surface area contributed by atoms with Gasteiger partial charge in [-0.2, -0.15) is 0 Å². The lowest BCUT2D eigenvalue weighted by molar-refractivity contribution is -0.156. The smallest absolute Gasteiger partial charge is 0.309 e. The van der Waals surface area contributed by atoms with Crippen LogP contribution < -0.4 is 0 Å². The summed E-state index contributed by atoms with van der Waals surface area (Å²) in [5.41, 5.74) is 0. The van der Waals surface area contributed by atoms with Gasteiger partial charge in [0.1, 0.15) is 6.10 Å². The summed E-state index contributed by atoms with van der Waals surface area (Å²) in [6, 6.07) is 0. The van der Waals surface area contributed by atoms with Crippen LogP contribution in [0, 0.1) is 5.92 Å². The van der Waals surface area contributed by atoms with Crippen LogP contribution in [0.4, 0.5) is 0 Å². The van der Waals surface area contributed by atoms with Gasteiger partial charge in [-0.05, 0) is 12.8 Å². The van der Waals surface area contributed by atoms with Crippen molar-refractivity contribution in [3.05, 3.63) is 12.7 Å². The highest BCUT2D eigenvalue weighted by Crippen LogP contribution is 2.19. The van der Waals surface area contributed by atoms with Crippen LogP contribution in [0.1, 0.15) is 19.8 Å². The van der Waals surface area contributed by atoms with Crippen molar-refractivity contribution in [3.63, 3.8) is 0 Å². The third-order valence-electron chi connectivity index (χ3n) is 1.82. The normalized spacial score (nSPS) is 33.1. The van der Waals surface area contributed by atoms with Crippen LogP contribution in [0.3, 0.4) is 0 Å². The molecule has 0 aromatic carbocycles. The van der Waals surface area contributed by atoms with Crippen molar-refractivity contribution in [3.8, 4) is 0 Å². The lowest BCUT2D eigenvalue weighted by Crippen LogP contribution is -2.27. The van der Waals surface area contributed by atoms with Crippen molar-refractivity contribution in [2.45, 2.75) is 25.9 Å². The van der Waals surface area contributed by atoms with Crippen LogP contribution in [-0.2, 0) is 9.53 Å². The number of carbonyl (C=O) groups excluding carboxylic acids is 1. The molecule has 1 heterocycles. The molecule has 1 rings (SSSR count). The van der Waals surface area contributed by atoms with Crippen molar-refractivity contribution >= 4 is 5.97 Å². The van der Waals surface area contributed by atoms with Gasteiger partial charge in [0, 0.05) is 0 Å². The van der Waals surface area contributed by atoms with E-state index in [4.69, 9.17) is 4.74 Å². The van der Waals surface area contributed by atoms with Gasteiger partial charge in [0.15, 0.2) is 0 Å². The van der Waals surface area contributed by atoms with E-state index in [1.807, 2.05) is 6.92 Å². The number of esters is 1. The van der Waals surface area contributed by atoms with E-state index in [0.717, 1.165) is 12.8 Å². The summed E-state index contributed by atoms with van der Waals surface area (Å²) < 4.78 is 4.99. The van der Waals surface area contributed by atoms with Gasteiger partial charge in [-0.25, -0.2) is 0 Å². The van der Waals surface area contributed by atoms with E-state index in [2.05, 4.69) is 6.58 Å². The van der Waals surface area contributed by atoms with Crippen molar-refractivity contribution < 1.29 is 9.53 Å². The van der Waals surface area contributed by atoms with Crippen LogP contribution >= 0.6 is 0 Å². The Hall–Kier alpha value is -0.790. The molecule has 2 heteroatoms. The molecule has 1 fully saturated rings. The maximum absolute atomic E-state index is 10.9. The Morgan fingerprint density at radius 2 is 2.40 bits per heavy atom. The maximum atomic E-state index is 10.9. The third-order valence-corrected chi connectivity index (χ3v) is 1.82. The molecule has 10 heavy (non-hydrogen) atoms. The van der Waals surface area contributed by atoms with E-state index in [1.54, 1.807) is 6.08 Å². The summed E-state index contributed by atoms with van der Waals surface area (Å²) in [5, 5.41) is 0. The molecule has 0 amide bonds. The first-order valence-electron chi connectivity index (χ1n) is 3.57. The van der Waals surface area contributed by atoms with Crippen LogP contribution in [0.25, 0.3) is 0 Å². The molecule has 1 saturated heterocycles. The first-order valence-corrected chi connectivity index (χ1v) is 3.57. The van der Waals surface area contributed by atoms with Crippen molar-refractivity contribution in [1.82, 2.24) is 0 Å². The molecule has 1 aliphatic rings. The Bertz CT molecular complexity index is 151. The van der Waals surface area contributed by atoms with E-state index >= 15 is 0 Å². The molecule has 0 aliphatic carbocycles. The zero-order valence-corrected chi connectivity index (χ0v) is 6.17. The zero-order valence-electron chi connectivity index (χ0n) is 6.17. The summed E-state index contributed by atoms with van der Waals surface area (Å²) >= 11 is 0. The lowest BCUT2D eigenvalue weighted by atomic mass is 10.00. The number of rotatable bonds is 1. The average Bonchev–Trinajstić information content (AvgIpc) is 1.95. The fraction of sp³-hybridized carbons (Fsp3) is 0.625. The maximum Gasteiger partial charge on any atom is 0.309 e. The molecule has 0 bridgehead atoms.